The molecule has 216 valence electrons. The van der Waals surface area contributed by atoms with Crippen molar-refractivity contribution in [2.75, 3.05) is 13.2 Å². The van der Waals surface area contributed by atoms with Crippen LogP contribution in [0.4, 0.5) is 8.78 Å². The van der Waals surface area contributed by atoms with Crippen molar-refractivity contribution < 1.29 is 18.3 Å². The first-order chi connectivity index (χ1) is 18.9. The normalized spacial score (nSPS) is 34.7. The molecule has 0 spiro atoms. The Balaban J connectivity index is 1.09. The predicted octanol–water partition coefficient (Wildman–Crippen LogP) is 10.1. The van der Waals surface area contributed by atoms with Crippen LogP contribution in [0.2, 0.25) is 0 Å². The Morgan fingerprint density at radius 2 is 1.49 bits per heavy atom. The minimum absolute atomic E-state index is 0.00110. The van der Waals surface area contributed by atoms with Crippen molar-refractivity contribution in [2.24, 2.45) is 40.9 Å². The summed E-state index contributed by atoms with van der Waals surface area (Å²) in [6.07, 6.45) is 24.7. The Hall–Kier alpha value is -1.84. The van der Waals surface area contributed by atoms with Gasteiger partial charge < -0.3 is 9.47 Å². The number of allylic oxidation sites excluding steroid dienone is 4. The van der Waals surface area contributed by atoms with E-state index >= 15 is 0 Å². The topological polar surface area (TPSA) is 18.5 Å². The summed E-state index contributed by atoms with van der Waals surface area (Å²) < 4.78 is 39.6. The molecule has 4 aliphatic carbocycles. The van der Waals surface area contributed by atoms with Crippen molar-refractivity contribution in [3.63, 3.8) is 0 Å². The molecular weight excluding hydrogens is 490 g/mol. The van der Waals surface area contributed by atoms with E-state index in [0.717, 1.165) is 36.5 Å². The molecular formula is C35H50F2O2. The van der Waals surface area contributed by atoms with Crippen LogP contribution in [0.25, 0.3) is 0 Å². The molecule has 0 aliphatic heterocycles. The van der Waals surface area contributed by atoms with Gasteiger partial charge in [0, 0.05) is 0 Å². The highest BCUT2D eigenvalue weighted by Gasteiger charge is 2.39. The second kappa shape index (κ2) is 12.8. The minimum atomic E-state index is -0.956. The third kappa shape index (κ3) is 6.57. The monoisotopic (exact) mass is 540 g/mol. The standard InChI is InChI=1S/C35H50F2O2/c1-4-6-24-8-13-30(14-9-24)35(3)19-17-26(18-20-35)28-12-11-27-21-25(7-10-29(27)22-28)23-39-32-16-15-31(38-5-2)33(36)34(32)37/h15-19,24-25,27-30H,4-14,20-23H2,1-3H3. The van der Waals surface area contributed by atoms with Gasteiger partial charge in [-0.25, -0.2) is 0 Å². The fourth-order valence-corrected chi connectivity index (χ4v) is 8.43. The molecule has 1 aromatic rings. The number of halogens is 2. The van der Waals surface area contributed by atoms with Crippen LogP contribution in [0.5, 0.6) is 11.5 Å². The number of hydrogen-bond donors (Lipinski definition) is 0. The molecule has 0 amide bonds. The van der Waals surface area contributed by atoms with Crippen LogP contribution >= 0.6 is 0 Å². The molecule has 4 aliphatic rings. The number of rotatable bonds is 9. The van der Waals surface area contributed by atoms with Crippen molar-refractivity contribution >= 4 is 0 Å². The highest BCUT2D eigenvalue weighted by Crippen LogP contribution is 2.50. The fourth-order valence-electron chi connectivity index (χ4n) is 8.43. The highest BCUT2D eigenvalue weighted by molar-refractivity contribution is 5.35. The Morgan fingerprint density at radius 3 is 2.15 bits per heavy atom. The van der Waals surface area contributed by atoms with E-state index in [1.54, 1.807) is 12.5 Å². The van der Waals surface area contributed by atoms with Crippen LogP contribution in [-0.2, 0) is 0 Å². The highest BCUT2D eigenvalue weighted by atomic mass is 19.2. The van der Waals surface area contributed by atoms with Crippen molar-refractivity contribution in [2.45, 2.75) is 104 Å². The van der Waals surface area contributed by atoms with Crippen LogP contribution in [0, 0.1) is 52.6 Å². The van der Waals surface area contributed by atoms with Crippen LogP contribution in [0.15, 0.2) is 35.9 Å². The Labute approximate surface area is 235 Å². The van der Waals surface area contributed by atoms with Gasteiger partial charge in [-0.15, -0.1) is 0 Å². The van der Waals surface area contributed by atoms with Crippen LogP contribution < -0.4 is 9.47 Å². The fraction of sp³-hybridized carbons (Fsp3) is 0.714. The van der Waals surface area contributed by atoms with Gasteiger partial charge in [0.25, 0.3) is 0 Å². The lowest BCUT2D eigenvalue weighted by Crippen LogP contribution is -2.34. The largest absolute Gasteiger partial charge is 0.491 e. The van der Waals surface area contributed by atoms with Crippen molar-refractivity contribution in [1.29, 1.82) is 0 Å². The Kier molecular flexibility index (Phi) is 9.39. The summed E-state index contributed by atoms with van der Waals surface area (Å²) >= 11 is 0. The number of fused-ring (bicyclic) bond motifs is 1. The zero-order chi connectivity index (χ0) is 27.4. The molecule has 0 bridgehead atoms. The molecule has 5 rings (SSSR count). The maximum absolute atomic E-state index is 14.4. The molecule has 2 nitrogen and oxygen atoms in total. The molecule has 5 unspecified atom stereocenters. The molecule has 3 fully saturated rings. The van der Waals surface area contributed by atoms with Crippen molar-refractivity contribution in [3.05, 3.63) is 47.6 Å². The molecule has 0 aromatic heterocycles. The minimum Gasteiger partial charge on any atom is -0.491 e. The first kappa shape index (κ1) is 28.7. The predicted molar refractivity (Wildman–Crippen MR) is 155 cm³/mol. The summed E-state index contributed by atoms with van der Waals surface area (Å²) in [6.45, 7) is 7.35. The zero-order valence-corrected chi connectivity index (χ0v) is 24.5. The van der Waals surface area contributed by atoms with Gasteiger partial charge in [-0.3, -0.25) is 0 Å². The average molecular weight is 541 g/mol. The zero-order valence-electron chi connectivity index (χ0n) is 24.5. The summed E-state index contributed by atoms with van der Waals surface area (Å²) in [7, 11) is 0. The van der Waals surface area contributed by atoms with E-state index in [-0.39, 0.29) is 11.5 Å². The molecule has 0 radical (unpaired) electrons. The van der Waals surface area contributed by atoms with Gasteiger partial charge in [0.1, 0.15) is 0 Å². The number of benzene rings is 1. The van der Waals surface area contributed by atoms with Crippen molar-refractivity contribution in [3.8, 4) is 11.5 Å². The van der Waals surface area contributed by atoms with Gasteiger partial charge in [0.05, 0.1) is 13.2 Å². The maximum atomic E-state index is 14.4. The summed E-state index contributed by atoms with van der Waals surface area (Å²) in [5.41, 5.74) is 1.95. The van der Waals surface area contributed by atoms with E-state index in [4.69, 9.17) is 9.47 Å². The molecule has 1 aromatic carbocycles. The second-order valence-corrected chi connectivity index (χ2v) is 13.4. The molecule has 0 saturated heterocycles. The first-order valence-electron chi connectivity index (χ1n) is 16.0. The SMILES string of the molecule is CCCC1CCC(C2(C)C=CC(C3CCC4CC(COc5ccc(OCC)c(F)c5F)CCC4C3)=CC2)CC1. The molecule has 3 saturated carbocycles. The summed E-state index contributed by atoms with van der Waals surface area (Å²) in [5.74, 6) is 2.52. The lowest BCUT2D eigenvalue weighted by molar-refractivity contribution is 0.0834. The first-order valence-corrected chi connectivity index (χ1v) is 16.0. The van der Waals surface area contributed by atoms with E-state index in [2.05, 4.69) is 32.1 Å². The number of hydrogen-bond acceptors (Lipinski definition) is 2. The van der Waals surface area contributed by atoms with Gasteiger partial charge >= 0.3 is 0 Å². The Morgan fingerprint density at radius 1 is 0.821 bits per heavy atom. The van der Waals surface area contributed by atoms with Crippen molar-refractivity contribution in [1.82, 2.24) is 0 Å². The lowest BCUT2D eigenvalue weighted by Gasteiger charge is -2.44. The van der Waals surface area contributed by atoms with E-state index in [1.165, 1.54) is 82.8 Å². The quantitative estimate of drug-likeness (QED) is 0.310. The van der Waals surface area contributed by atoms with E-state index in [1.807, 2.05) is 0 Å². The molecule has 0 N–H and O–H groups in total. The van der Waals surface area contributed by atoms with Gasteiger partial charge in [0.15, 0.2) is 11.5 Å². The number of ether oxygens (including phenoxy) is 2. The third-order valence-electron chi connectivity index (χ3n) is 10.9. The van der Waals surface area contributed by atoms with Gasteiger partial charge in [0.2, 0.25) is 11.6 Å². The summed E-state index contributed by atoms with van der Waals surface area (Å²) in [5, 5.41) is 0. The van der Waals surface area contributed by atoms with Crippen LogP contribution in [0.1, 0.15) is 104 Å². The summed E-state index contributed by atoms with van der Waals surface area (Å²) in [4.78, 5) is 0. The van der Waals surface area contributed by atoms with Crippen LogP contribution in [0.3, 0.4) is 0 Å². The molecule has 0 heterocycles. The van der Waals surface area contributed by atoms with Gasteiger partial charge in [-0.2, -0.15) is 8.78 Å². The van der Waals surface area contributed by atoms with E-state index in [0.29, 0.717) is 30.5 Å². The summed E-state index contributed by atoms with van der Waals surface area (Å²) in [6, 6.07) is 2.96. The molecule has 5 atom stereocenters. The lowest BCUT2D eigenvalue weighted by atomic mass is 9.61. The molecule has 4 heteroatoms. The van der Waals surface area contributed by atoms with E-state index < -0.39 is 11.6 Å². The average Bonchev–Trinajstić information content (AvgIpc) is 2.96. The molecule has 39 heavy (non-hydrogen) atoms. The Bertz CT molecular complexity index is 1020. The van der Waals surface area contributed by atoms with Gasteiger partial charge in [-0.1, -0.05) is 57.8 Å². The van der Waals surface area contributed by atoms with Gasteiger partial charge in [-0.05, 0) is 123 Å². The maximum Gasteiger partial charge on any atom is 0.204 e. The smallest absolute Gasteiger partial charge is 0.204 e. The van der Waals surface area contributed by atoms with E-state index in [9.17, 15) is 8.78 Å². The van der Waals surface area contributed by atoms with Crippen LogP contribution in [-0.4, -0.2) is 13.2 Å². The third-order valence-corrected chi connectivity index (χ3v) is 10.9. The second-order valence-electron chi connectivity index (χ2n) is 13.4.